The van der Waals surface area contributed by atoms with Gasteiger partial charge in [-0.25, -0.2) is 8.42 Å². The van der Waals surface area contributed by atoms with Crippen LogP contribution in [0.15, 0.2) is 114 Å². The highest BCUT2D eigenvalue weighted by Crippen LogP contribution is 2.33. The molecule has 7 nitrogen and oxygen atoms in total. The van der Waals surface area contributed by atoms with Crippen LogP contribution in [-0.2, 0) is 38.8 Å². The number of hydrogen-bond donors (Lipinski definition) is 1. The molecule has 4 rings (SSSR count). The van der Waals surface area contributed by atoms with Gasteiger partial charge in [-0.3, -0.25) is 13.9 Å². The smallest absolute Gasteiger partial charge is 0.352 e. The second-order valence-electron chi connectivity index (χ2n) is 11.2. The third-order valence-corrected chi connectivity index (χ3v) is 9.04. The highest BCUT2D eigenvalue weighted by molar-refractivity contribution is 7.92. The van der Waals surface area contributed by atoms with Gasteiger partial charge in [0.15, 0.2) is 0 Å². The van der Waals surface area contributed by atoms with Crippen molar-refractivity contribution in [3.8, 4) is 0 Å². The summed E-state index contributed by atoms with van der Waals surface area (Å²) >= 11 is 0. The van der Waals surface area contributed by atoms with Crippen LogP contribution in [0, 0.1) is 6.92 Å². The van der Waals surface area contributed by atoms with Crippen molar-refractivity contribution in [2.75, 3.05) is 10.8 Å². The number of anilines is 1. The molecule has 0 spiro atoms. The molecule has 11 heteroatoms. The van der Waals surface area contributed by atoms with Crippen LogP contribution in [0.3, 0.4) is 0 Å². The van der Waals surface area contributed by atoms with Gasteiger partial charge in [-0.05, 0) is 62.2 Å². The first-order valence-electron chi connectivity index (χ1n) is 14.7. The summed E-state index contributed by atoms with van der Waals surface area (Å²) in [6, 6.07) is 26.3. The SMILES string of the molecule is Cc1ccc(S(=O)(=O)N(CC(=O)N(Cc2ccccc2)[C@H](Cc2ccccc2)C(=O)NC(C)C)c2cccc(C(F)(F)F)c2)cc1. The highest BCUT2D eigenvalue weighted by Gasteiger charge is 2.36. The number of hydrogen-bond acceptors (Lipinski definition) is 4. The Hall–Kier alpha value is -4.64. The Balaban J connectivity index is 1.83. The number of alkyl halides is 3. The zero-order chi connectivity index (χ0) is 33.5. The van der Waals surface area contributed by atoms with E-state index in [1.54, 1.807) is 75.4 Å². The lowest BCUT2D eigenvalue weighted by Gasteiger charge is -2.34. The van der Waals surface area contributed by atoms with Crippen LogP contribution in [0.25, 0.3) is 0 Å². The van der Waals surface area contributed by atoms with E-state index in [4.69, 9.17) is 0 Å². The topological polar surface area (TPSA) is 86.8 Å². The quantitative estimate of drug-likeness (QED) is 0.193. The van der Waals surface area contributed by atoms with Gasteiger partial charge < -0.3 is 10.2 Å². The maximum absolute atomic E-state index is 14.4. The molecule has 1 N–H and O–H groups in total. The molecule has 0 radical (unpaired) electrons. The second-order valence-corrected chi connectivity index (χ2v) is 13.1. The molecule has 242 valence electrons. The predicted molar refractivity (Wildman–Crippen MR) is 171 cm³/mol. The number of halogens is 3. The van der Waals surface area contributed by atoms with Crippen molar-refractivity contribution in [1.82, 2.24) is 10.2 Å². The number of benzene rings is 4. The van der Waals surface area contributed by atoms with Crippen molar-refractivity contribution in [2.24, 2.45) is 0 Å². The summed E-state index contributed by atoms with van der Waals surface area (Å²) in [4.78, 5) is 29.2. The molecule has 0 saturated carbocycles. The maximum atomic E-state index is 14.4. The maximum Gasteiger partial charge on any atom is 0.416 e. The van der Waals surface area contributed by atoms with Crippen molar-refractivity contribution in [1.29, 1.82) is 0 Å². The summed E-state index contributed by atoms with van der Waals surface area (Å²) < 4.78 is 70.0. The molecule has 2 amide bonds. The van der Waals surface area contributed by atoms with Crippen LogP contribution in [-0.4, -0.2) is 43.8 Å². The van der Waals surface area contributed by atoms with Crippen molar-refractivity contribution in [3.63, 3.8) is 0 Å². The van der Waals surface area contributed by atoms with Crippen molar-refractivity contribution >= 4 is 27.5 Å². The number of rotatable bonds is 12. The average Bonchev–Trinajstić information content (AvgIpc) is 3.02. The standard InChI is InChI=1S/C35H36F3N3O4S/c1-25(2)39-34(43)32(21-27-11-6-4-7-12-27)40(23-28-13-8-5-9-14-28)33(42)24-41(30-16-10-15-29(22-30)35(36,37)38)46(44,45)31-19-17-26(3)18-20-31/h4-20,22,25,32H,21,23-24H2,1-3H3,(H,39,43)/t32-/m1/s1. The molecule has 0 aliphatic rings. The third kappa shape index (κ3) is 8.75. The minimum atomic E-state index is -4.76. The Bertz CT molecular complexity index is 1730. The lowest BCUT2D eigenvalue weighted by Crippen LogP contribution is -2.54. The molecule has 0 unspecified atom stereocenters. The molecular formula is C35H36F3N3O4S. The van der Waals surface area contributed by atoms with Crippen molar-refractivity contribution in [2.45, 2.75) is 56.9 Å². The monoisotopic (exact) mass is 651 g/mol. The molecule has 0 aromatic heterocycles. The molecule has 1 atom stereocenters. The van der Waals surface area contributed by atoms with Crippen LogP contribution in [0.5, 0.6) is 0 Å². The normalized spacial score (nSPS) is 12.4. The van der Waals surface area contributed by atoms with Gasteiger partial charge in [0, 0.05) is 19.0 Å². The van der Waals surface area contributed by atoms with Gasteiger partial charge in [-0.2, -0.15) is 13.2 Å². The van der Waals surface area contributed by atoms with Gasteiger partial charge >= 0.3 is 6.18 Å². The Morgan fingerprint density at radius 1 is 0.804 bits per heavy atom. The van der Waals surface area contributed by atoms with E-state index in [1.165, 1.54) is 23.1 Å². The summed E-state index contributed by atoms with van der Waals surface area (Å²) in [5, 5.41) is 2.86. The number of carbonyl (C=O) groups is 2. The van der Waals surface area contributed by atoms with Crippen molar-refractivity contribution < 1.29 is 31.2 Å². The van der Waals surface area contributed by atoms with Gasteiger partial charge in [0.25, 0.3) is 10.0 Å². The molecule has 4 aromatic rings. The molecular weight excluding hydrogens is 615 g/mol. The fraction of sp³-hybridized carbons (Fsp3) is 0.257. The Labute approximate surface area is 267 Å². The Morgan fingerprint density at radius 2 is 1.39 bits per heavy atom. The Kier molecular flexibility index (Phi) is 10.9. The lowest BCUT2D eigenvalue weighted by molar-refractivity contribution is -0.140. The minimum Gasteiger partial charge on any atom is -0.352 e. The molecule has 0 saturated heterocycles. The van der Waals surface area contributed by atoms with Crippen LogP contribution >= 0.6 is 0 Å². The van der Waals surface area contributed by atoms with Crippen LogP contribution in [0.2, 0.25) is 0 Å². The van der Waals surface area contributed by atoms with E-state index in [9.17, 15) is 31.2 Å². The first-order valence-corrected chi connectivity index (χ1v) is 16.1. The van der Waals surface area contributed by atoms with E-state index in [0.717, 1.165) is 23.3 Å². The molecule has 0 aliphatic carbocycles. The van der Waals surface area contributed by atoms with Gasteiger partial charge in [-0.1, -0.05) is 84.4 Å². The first kappa shape index (κ1) is 34.2. The fourth-order valence-corrected chi connectivity index (χ4v) is 6.32. The van der Waals surface area contributed by atoms with E-state index >= 15 is 0 Å². The summed E-state index contributed by atoms with van der Waals surface area (Å²) in [6.07, 6.45) is -4.64. The number of amides is 2. The largest absolute Gasteiger partial charge is 0.416 e. The third-order valence-electron chi connectivity index (χ3n) is 7.25. The van der Waals surface area contributed by atoms with E-state index in [-0.39, 0.29) is 29.6 Å². The molecule has 0 aliphatic heterocycles. The Morgan fingerprint density at radius 3 is 1.96 bits per heavy atom. The average molecular weight is 652 g/mol. The van der Waals surface area contributed by atoms with Gasteiger partial charge in [0.1, 0.15) is 12.6 Å². The molecule has 46 heavy (non-hydrogen) atoms. The van der Waals surface area contributed by atoms with E-state index in [0.29, 0.717) is 15.9 Å². The van der Waals surface area contributed by atoms with E-state index in [1.807, 2.05) is 18.2 Å². The zero-order valence-corrected chi connectivity index (χ0v) is 26.6. The molecule has 0 heterocycles. The first-order chi connectivity index (χ1) is 21.8. The zero-order valence-electron chi connectivity index (χ0n) is 25.7. The summed E-state index contributed by atoms with van der Waals surface area (Å²) in [5.41, 5.74) is 0.808. The highest BCUT2D eigenvalue weighted by atomic mass is 32.2. The molecule has 4 aromatic carbocycles. The van der Waals surface area contributed by atoms with Crippen LogP contribution in [0.1, 0.15) is 36.1 Å². The fourth-order valence-electron chi connectivity index (χ4n) is 4.92. The van der Waals surface area contributed by atoms with Crippen LogP contribution in [0.4, 0.5) is 18.9 Å². The summed E-state index contributed by atoms with van der Waals surface area (Å²) in [7, 11) is -4.54. The summed E-state index contributed by atoms with van der Waals surface area (Å²) in [6.45, 7) is 4.42. The van der Waals surface area contributed by atoms with E-state index in [2.05, 4.69) is 5.32 Å². The number of nitrogens with one attached hydrogen (secondary N) is 1. The van der Waals surface area contributed by atoms with Crippen molar-refractivity contribution in [3.05, 3.63) is 131 Å². The predicted octanol–water partition coefficient (Wildman–Crippen LogP) is 6.37. The minimum absolute atomic E-state index is 0.0519. The van der Waals surface area contributed by atoms with Gasteiger partial charge in [0.05, 0.1) is 16.1 Å². The van der Waals surface area contributed by atoms with Gasteiger partial charge in [0.2, 0.25) is 11.8 Å². The number of carbonyl (C=O) groups excluding carboxylic acids is 2. The van der Waals surface area contributed by atoms with Crippen LogP contribution < -0.4 is 9.62 Å². The van der Waals surface area contributed by atoms with E-state index < -0.39 is 46.2 Å². The number of nitrogens with zero attached hydrogens (tertiary/aromatic N) is 2. The lowest BCUT2D eigenvalue weighted by atomic mass is 10.0. The number of sulfonamides is 1. The van der Waals surface area contributed by atoms with Gasteiger partial charge in [-0.15, -0.1) is 0 Å². The second kappa shape index (κ2) is 14.6. The number of aryl methyl sites for hydroxylation is 1. The molecule has 0 fully saturated rings. The molecule has 0 bridgehead atoms. The summed E-state index contributed by atoms with van der Waals surface area (Å²) in [5.74, 6) is -1.22.